The molecule has 2 aromatic rings. The Bertz CT molecular complexity index is 636. The molecule has 0 radical (unpaired) electrons. The number of benzene rings is 1. The molecule has 0 fully saturated rings. The van der Waals surface area contributed by atoms with E-state index >= 15 is 0 Å². The molecule has 3 heteroatoms. The zero-order valence-electron chi connectivity index (χ0n) is 12.4. The normalized spacial score (nSPS) is 11.3. The van der Waals surface area contributed by atoms with E-state index in [1.54, 1.807) is 0 Å². The highest BCUT2D eigenvalue weighted by atomic mass is 16.3. The number of fused-ring (bicyclic) bond motifs is 1. The molecule has 1 heterocycles. The minimum atomic E-state index is 0.111. The summed E-state index contributed by atoms with van der Waals surface area (Å²) in [6.07, 6.45) is 0. The highest BCUT2D eigenvalue weighted by Crippen LogP contribution is 2.33. The van der Waals surface area contributed by atoms with E-state index in [9.17, 15) is 5.11 Å². The summed E-state index contributed by atoms with van der Waals surface area (Å²) in [6, 6.07) is 6.36. The maximum absolute atomic E-state index is 9.69. The first-order valence-corrected chi connectivity index (χ1v) is 6.52. The molecule has 0 aliphatic heterocycles. The van der Waals surface area contributed by atoms with Gasteiger partial charge in [-0.2, -0.15) is 0 Å². The lowest BCUT2D eigenvalue weighted by Crippen LogP contribution is -2.09. The minimum Gasteiger partial charge on any atom is -0.506 e. The van der Waals surface area contributed by atoms with Gasteiger partial charge in [-0.25, -0.2) is 0 Å². The van der Waals surface area contributed by atoms with Gasteiger partial charge < -0.3 is 14.6 Å². The van der Waals surface area contributed by atoms with Crippen LogP contribution in [0.15, 0.2) is 24.8 Å². The van der Waals surface area contributed by atoms with Crippen molar-refractivity contribution in [1.82, 2.24) is 4.57 Å². The highest BCUT2D eigenvalue weighted by Gasteiger charge is 2.15. The number of aliphatic hydroxyl groups is 1. The zero-order chi connectivity index (χ0) is 14.3. The van der Waals surface area contributed by atoms with Crippen LogP contribution in [0.3, 0.4) is 0 Å². The van der Waals surface area contributed by atoms with E-state index in [4.69, 9.17) is 0 Å². The van der Waals surface area contributed by atoms with Gasteiger partial charge in [0.05, 0.1) is 11.2 Å². The molecule has 0 amide bonds. The number of aryl methyl sites for hydroxylation is 1. The quantitative estimate of drug-likeness (QED) is 0.846. The van der Waals surface area contributed by atoms with Crippen molar-refractivity contribution in [3.63, 3.8) is 0 Å². The minimum absolute atomic E-state index is 0.111. The molecule has 0 atom stereocenters. The van der Waals surface area contributed by atoms with Crippen LogP contribution in [0.4, 0.5) is 5.69 Å². The van der Waals surface area contributed by atoms with Crippen molar-refractivity contribution < 1.29 is 5.11 Å². The summed E-state index contributed by atoms with van der Waals surface area (Å²) in [4.78, 5) is 2.10. The Morgan fingerprint density at radius 2 is 1.89 bits per heavy atom. The van der Waals surface area contributed by atoms with Crippen molar-refractivity contribution in [2.24, 2.45) is 7.05 Å². The van der Waals surface area contributed by atoms with Gasteiger partial charge in [0.15, 0.2) is 0 Å². The third-order valence-corrected chi connectivity index (χ3v) is 3.58. The topological polar surface area (TPSA) is 28.4 Å². The van der Waals surface area contributed by atoms with E-state index in [2.05, 4.69) is 37.5 Å². The third-order valence-electron chi connectivity index (χ3n) is 3.58. The molecule has 0 aliphatic rings. The molecule has 0 bridgehead atoms. The van der Waals surface area contributed by atoms with E-state index in [1.165, 1.54) is 16.8 Å². The maximum Gasteiger partial charge on any atom is 0.132 e. The van der Waals surface area contributed by atoms with Crippen molar-refractivity contribution in [3.8, 4) is 0 Å². The van der Waals surface area contributed by atoms with Gasteiger partial charge in [-0.15, -0.1) is 0 Å². The van der Waals surface area contributed by atoms with Crippen molar-refractivity contribution in [2.45, 2.75) is 19.8 Å². The Morgan fingerprint density at radius 3 is 2.37 bits per heavy atom. The van der Waals surface area contributed by atoms with Gasteiger partial charge in [0.2, 0.25) is 0 Å². The number of aromatic nitrogens is 1. The van der Waals surface area contributed by atoms with E-state index in [0.29, 0.717) is 5.92 Å². The van der Waals surface area contributed by atoms with Crippen LogP contribution >= 0.6 is 0 Å². The van der Waals surface area contributed by atoms with Crippen molar-refractivity contribution in [2.75, 3.05) is 19.0 Å². The van der Waals surface area contributed by atoms with Gasteiger partial charge >= 0.3 is 0 Å². The van der Waals surface area contributed by atoms with Gasteiger partial charge in [-0.3, -0.25) is 0 Å². The molecule has 2 rings (SSSR count). The fourth-order valence-corrected chi connectivity index (χ4v) is 2.50. The van der Waals surface area contributed by atoms with Gasteiger partial charge in [0.25, 0.3) is 0 Å². The average Bonchev–Trinajstić information content (AvgIpc) is 2.65. The SMILES string of the molecule is C=C(O)c1cc2cc(N(C)C)cc(C(C)C)c2n1C. The summed E-state index contributed by atoms with van der Waals surface area (Å²) in [7, 11) is 6.06. The van der Waals surface area contributed by atoms with E-state index in [-0.39, 0.29) is 5.76 Å². The van der Waals surface area contributed by atoms with Gasteiger partial charge in [0.1, 0.15) is 5.76 Å². The van der Waals surface area contributed by atoms with Crippen molar-refractivity contribution in [3.05, 3.63) is 36.0 Å². The van der Waals surface area contributed by atoms with Crippen molar-refractivity contribution in [1.29, 1.82) is 0 Å². The Hall–Kier alpha value is -1.90. The summed E-state index contributed by atoms with van der Waals surface area (Å²) in [6.45, 7) is 8.02. The molecule has 0 aliphatic carbocycles. The molecule has 0 unspecified atom stereocenters. The lowest BCUT2D eigenvalue weighted by molar-refractivity contribution is 0.507. The second kappa shape index (κ2) is 4.65. The lowest BCUT2D eigenvalue weighted by atomic mass is 9.99. The Balaban J connectivity index is 2.84. The first-order chi connectivity index (χ1) is 8.82. The first-order valence-electron chi connectivity index (χ1n) is 6.52. The van der Waals surface area contributed by atoms with E-state index in [1.807, 2.05) is 31.8 Å². The largest absolute Gasteiger partial charge is 0.506 e. The Morgan fingerprint density at radius 1 is 1.26 bits per heavy atom. The zero-order valence-corrected chi connectivity index (χ0v) is 12.4. The Labute approximate surface area is 114 Å². The van der Waals surface area contributed by atoms with Crippen LogP contribution in [0.2, 0.25) is 0 Å². The number of anilines is 1. The van der Waals surface area contributed by atoms with Crippen LogP contribution in [0.25, 0.3) is 16.7 Å². The van der Waals surface area contributed by atoms with Crippen molar-refractivity contribution >= 4 is 22.3 Å². The average molecular weight is 258 g/mol. The molecular formula is C16H22N2O. The molecule has 1 aromatic carbocycles. The van der Waals surface area contributed by atoms with Crippen LogP contribution < -0.4 is 4.90 Å². The number of aliphatic hydroxyl groups excluding tert-OH is 1. The fraction of sp³-hybridized carbons (Fsp3) is 0.375. The van der Waals surface area contributed by atoms with Crippen LogP contribution in [0, 0.1) is 0 Å². The molecular weight excluding hydrogens is 236 g/mol. The van der Waals surface area contributed by atoms with Crippen LogP contribution in [0.5, 0.6) is 0 Å². The number of rotatable bonds is 3. The molecule has 1 N–H and O–H groups in total. The monoisotopic (exact) mass is 258 g/mol. The predicted octanol–water partition coefficient (Wildman–Crippen LogP) is 3.90. The number of nitrogens with zero attached hydrogens (tertiary/aromatic N) is 2. The van der Waals surface area contributed by atoms with Gasteiger partial charge in [0, 0.05) is 32.2 Å². The third kappa shape index (κ3) is 2.21. The molecule has 1 aromatic heterocycles. The molecule has 19 heavy (non-hydrogen) atoms. The molecule has 102 valence electrons. The molecule has 0 saturated heterocycles. The standard InChI is InChI=1S/C16H22N2O/c1-10(2)14-9-13(17(4)5)7-12-8-15(11(3)19)18(6)16(12)14/h7-10,19H,3H2,1-2,4-6H3. The van der Waals surface area contributed by atoms with Gasteiger partial charge in [-0.1, -0.05) is 20.4 Å². The van der Waals surface area contributed by atoms with E-state index < -0.39 is 0 Å². The summed E-state index contributed by atoms with van der Waals surface area (Å²) in [5.41, 5.74) is 4.41. The number of hydrogen-bond acceptors (Lipinski definition) is 2. The maximum atomic E-state index is 9.69. The van der Waals surface area contributed by atoms with Crippen LogP contribution in [0.1, 0.15) is 31.0 Å². The highest BCUT2D eigenvalue weighted by molar-refractivity contribution is 5.90. The van der Waals surface area contributed by atoms with E-state index in [0.717, 1.165) is 11.1 Å². The second-order valence-electron chi connectivity index (χ2n) is 5.56. The Kier molecular flexibility index (Phi) is 3.31. The molecule has 3 nitrogen and oxygen atoms in total. The van der Waals surface area contributed by atoms with Crippen LogP contribution in [-0.2, 0) is 7.05 Å². The summed E-state index contributed by atoms with van der Waals surface area (Å²) < 4.78 is 2.02. The lowest BCUT2D eigenvalue weighted by Gasteiger charge is -2.17. The fourth-order valence-electron chi connectivity index (χ4n) is 2.50. The number of hydrogen-bond donors (Lipinski definition) is 1. The summed E-state index contributed by atoms with van der Waals surface area (Å²) in [5.74, 6) is 0.538. The second-order valence-corrected chi connectivity index (χ2v) is 5.56. The molecule has 0 saturated carbocycles. The van der Waals surface area contributed by atoms with Crippen LogP contribution in [-0.4, -0.2) is 23.8 Å². The first kappa shape index (κ1) is 13.5. The summed E-state index contributed by atoms with van der Waals surface area (Å²) >= 11 is 0. The smallest absolute Gasteiger partial charge is 0.132 e. The van der Waals surface area contributed by atoms with Gasteiger partial charge in [-0.05, 0) is 29.7 Å². The predicted molar refractivity (Wildman–Crippen MR) is 83.0 cm³/mol. The molecule has 0 spiro atoms. The summed E-state index contributed by atoms with van der Waals surface area (Å²) in [5, 5.41) is 10.8.